The van der Waals surface area contributed by atoms with Crippen LogP contribution in [0.5, 0.6) is 0 Å². The van der Waals surface area contributed by atoms with Crippen molar-refractivity contribution in [3.63, 3.8) is 0 Å². The molecule has 1 aromatic rings. The summed E-state index contributed by atoms with van der Waals surface area (Å²) in [5, 5.41) is 15.9. The Kier molecular flexibility index (Phi) is 5.06. The molecule has 0 saturated heterocycles. The second kappa shape index (κ2) is 6.79. The monoisotopic (exact) mass is 280 g/mol. The first-order valence-electron chi connectivity index (χ1n) is 7.34. The molecule has 1 fully saturated rings. The maximum absolute atomic E-state index is 11.8. The minimum Gasteiger partial charge on any atom is -0.469 e. The van der Waals surface area contributed by atoms with E-state index in [1.807, 2.05) is 6.07 Å². The second-order valence-corrected chi connectivity index (χ2v) is 5.92. The van der Waals surface area contributed by atoms with Crippen LogP contribution in [0.1, 0.15) is 44.8 Å². The van der Waals surface area contributed by atoms with Gasteiger partial charge in [0.2, 0.25) is 0 Å². The highest BCUT2D eigenvalue weighted by atomic mass is 16.3. The van der Waals surface area contributed by atoms with Gasteiger partial charge >= 0.3 is 6.03 Å². The van der Waals surface area contributed by atoms with E-state index in [4.69, 9.17) is 4.42 Å². The van der Waals surface area contributed by atoms with Crippen molar-refractivity contribution < 1.29 is 14.3 Å². The molecule has 1 heterocycles. The van der Waals surface area contributed by atoms with Crippen molar-refractivity contribution in [2.45, 2.75) is 57.1 Å². The molecule has 1 atom stereocenters. The Bertz CT molecular complexity index is 409. The first kappa shape index (κ1) is 14.9. The van der Waals surface area contributed by atoms with Gasteiger partial charge in [0.25, 0.3) is 0 Å². The quantitative estimate of drug-likeness (QED) is 0.774. The summed E-state index contributed by atoms with van der Waals surface area (Å²) in [6, 6.07) is 3.68. The van der Waals surface area contributed by atoms with Crippen molar-refractivity contribution >= 4 is 6.03 Å². The molecule has 1 aliphatic rings. The lowest BCUT2D eigenvalue weighted by atomic mass is 9.96. The maximum atomic E-state index is 11.8. The first-order chi connectivity index (χ1) is 9.55. The van der Waals surface area contributed by atoms with Gasteiger partial charge in [0.15, 0.2) is 0 Å². The second-order valence-electron chi connectivity index (χ2n) is 5.92. The molecule has 2 rings (SSSR count). The fourth-order valence-electron chi connectivity index (χ4n) is 2.61. The van der Waals surface area contributed by atoms with Gasteiger partial charge < -0.3 is 20.2 Å². The van der Waals surface area contributed by atoms with Crippen LogP contribution in [0.3, 0.4) is 0 Å². The summed E-state index contributed by atoms with van der Waals surface area (Å²) in [5.74, 6) is 0.712. The highest BCUT2D eigenvalue weighted by molar-refractivity contribution is 5.74. The Labute approximate surface area is 119 Å². The van der Waals surface area contributed by atoms with E-state index in [0.717, 1.165) is 12.8 Å². The molecule has 1 aliphatic carbocycles. The van der Waals surface area contributed by atoms with Crippen LogP contribution in [-0.4, -0.2) is 29.3 Å². The summed E-state index contributed by atoms with van der Waals surface area (Å²) in [5.41, 5.74) is -1.01. The molecule has 0 aliphatic heterocycles. The fourth-order valence-corrected chi connectivity index (χ4v) is 2.61. The molecule has 5 nitrogen and oxygen atoms in total. The largest absolute Gasteiger partial charge is 0.469 e. The number of carbonyl (C=O) groups excluding carboxylic acids is 1. The average Bonchev–Trinajstić information content (AvgIpc) is 2.90. The molecule has 0 bridgehead atoms. The molecule has 0 aromatic carbocycles. The summed E-state index contributed by atoms with van der Waals surface area (Å²) in [4.78, 5) is 11.8. The summed E-state index contributed by atoms with van der Waals surface area (Å²) in [6.45, 7) is 1.89. The molecule has 20 heavy (non-hydrogen) atoms. The van der Waals surface area contributed by atoms with E-state index in [-0.39, 0.29) is 18.6 Å². The van der Waals surface area contributed by atoms with E-state index in [0.29, 0.717) is 12.2 Å². The Morgan fingerprint density at radius 1 is 1.45 bits per heavy atom. The summed E-state index contributed by atoms with van der Waals surface area (Å²) >= 11 is 0. The molecule has 0 unspecified atom stereocenters. The third kappa shape index (κ3) is 4.89. The Morgan fingerprint density at radius 3 is 2.85 bits per heavy atom. The van der Waals surface area contributed by atoms with Gasteiger partial charge in [0.1, 0.15) is 5.76 Å². The predicted octanol–water partition coefficient (Wildman–Crippen LogP) is 2.21. The number of hydrogen-bond acceptors (Lipinski definition) is 3. The lowest BCUT2D eigenvalue weighted by Crippen LogP contribution is -2.48. The van der Waals surface area contributed by atoms with Crippen LogP contribution in [0.2, 0.25) is 0 Å². The third-order valence-corrected chi connectivity index (χ3v) is 3.71. The van der Waals surface area contributed by atoms with Gasteiger partial charge in [-0.25, -0.2) is 4.79 Å². The van der Waals surface area contributed by atoms with Gasteiger partial charge in [-0.3, -0.25) is 0 Å². The predicted molar refractivity (Wildman–Crippen MR) is 76.4 cm³/mol. The molecule has 1 aromatic heterocycles. The molecule has 1 saturated carbocycles. The Balaban J connectivity index is 1.71. The molecular formula is C15H24N2O3. The SMILES string of the molecule is C[C@](O)(CNC(=O)NC1CCCCC1)Cc1ccco1. The number of nitrogens with one attached hydrogen (secondary N) is 2. The number of aliphatic hydroxyl groups is 1. The molecule has 112 valence electrons. The number of urea groups is 1. The highest BCUT2D eigenvalue weighted by Crippen LogP contribution is 2.17. The number of furan rings is 1. The third-order valence-electron chi connectivity index (χ3n) is 3.71. The van der Waals surface area contributed by atoms with Gasteiger partial charge in [-0.15, -0.1) is 0 Å². The average molecular weight is 280 g/mol. The molecule has 2 amide bonds. The number of amides is 2. The van der Waals surface area contributed by atoms with Crippen molar-refractivity contribution in [3.05, 3.63) is 24.2 Å². The topological polar surface area (TPSA) is 74.5 Å². The Morgan fingerprint density at radius 2 is 2.20 bits per heavy atom. The van der Waals surface area contributed by atoms with E-state index in [1.54, 1.807) is 19.3 Å². The van der Waals surface area contributed by atoms with Crippen LogP contribution in [0.15, 0.2) is 22.8 Å². The van der Waals surface area contributed by atoms with Crippen molar-refractivity contribution in [1.29, 1.82) is 0 Å². The first-order valence-corrected chi connectivity index (χ1v) is 7.34. The molecule has 3 N–H and O–H groups in total. The van der Waals surface area contributed by atoms with Crippen molar-refractivity contribution in [3.8, 4) is 0 Å². The number of carbonyl (C=O) groups is 1. The zero-order valence-corrected chi connectivity index (χ0v) is 12.0. The van der Waals surface area contributed by atoms with E-state index >= 15 is 0 Å². The standard InChI is InChI=1S/C15H24N2O3/c1-15(19,10-13-8-5-9-20-13)11-16-14(18)17-12-6-3-2-4-7-12/h5,8-9,12,19H,2-4,6-7,10-11H2,1H3,(H2,16,17,18)/t15-/m1/s1. The molecule has 0 spiro atoms. The number of hydrogen-bond donors (Lipinski definition) is 3. The van der Waals surface area contributed by atoms with Crippen LogP contribution >= 0.6 is 0 Å². The zero-order chi connectivity index (χ0) is 14.4. The van der Waals surface area contributed by atoms with E-state index in [1.165, 1.54) is 19.3 Å². The molecule has 0 radical (unpaired) electrons. The lowest BCUT2D eigenvalue weighted by molar-refractivity contribution is 0.0570. The van der Waals surface area contributed by atoms with Crippen molar-refractivity contribution in [1.82, 2.24) is 10.6 Å². The zero-order valence-electron chi connectivity index (χ0n) is 12.0. The van der Waals surface area contributed by atoms with E-state index in [2.05, 4.69) is 10.6 Å². The van der Waals surface area contributed by atoms with Crippen LogP contribution < -0.4 is 10.6 Å². The van der Waals surface area contributed by atoms with Crippen LogP contribution in [0, 0.1) is 0 Å². The van der Waals surface area contributed by atoms with Gasteiger partial charge in [0, 0.05) is 19.0 Å². The normalized spacial score (nSPS) is 19.3. The van der Waals surface area contributed by atoms with Gasteiger partial charge in [-0.1, -0.05) is 19.3 Å². The molecular weight excluding hydrogens is 256 g/mol. The highest BCUT2D eigenvalue weighted by Gasteiger charge is 2.24. The van der Waals surface area contributed by atoms with Gasteiger partial charge in [0.05, 0.1) is 11.9 Å². The van der Waals surface area contributed by atoms with Crippen molar-refractivity contribution in [2.75, 3.05) is 6.54 Å². The van der Waals surface area contributed by atoms with E-state index < -0.39 is 5.60 Å². The maximum Gasteiger partial charge on any atom is 0.315 e. The van der Waals surface area contributed by atoms with Crippen molar-refractivity contribution in [2.24, 2.45) is 0 Å². The lowest BCUT2D eigenvalue weighted by Gasteiger charge is -2.25. The van der Waals surface area contributed by atoms with E-state index in [9.17, 15) is 9.90 Å². The molecule has 5 heteroatoms. The smallest absolute Gasteiger partial charge is 0.315 e. The number of rotatable bonds is 5. The summed E-state index contributed by atoms with van der Waals surface area (Å²) < 4.78 is 5.21. The summed E-state index contributed by atoms with van der Waals surface area (Å²) in [7, 11) is 0. The van der Waals surface area contributed by atoms with Crippen LogP contribution in [0.25, 0.3) is 0 Å². The minimum atomic E-state index is -1.01. The van der Waals surface area contributed by atoms with Gasteiger partial charge in [-0.05, 0) is 31.9 Å². The minimum absolute atomic E-state index is 0.198. The summed E-state index contributed by atoms with van der Waals surface area (Å²) in [6.07, 6.45) is 7.69. The fraction of sp³-hybridized carbons (Fsp3) is 0.667. The van der Waals surface area contributed by atoms with Crippen LogP contribution in [0.4, 0.5) is 4.79 Å². The van der Waals surface area contributed by atoms with Gasteiger partial charge in [-0.2, -0.15) is 0 Å². The van der Waals surface area contributed by atoms with Crippen LogP contribution in [-0.2, 0) is 6.42 Å². The Hall–Kier alpha value is -1.49.